The Labute approximate surface area is 219 Å². The normalized spacial score (nSPS) is 14.7. The SMILES string of the molecule is CCC(C)c1ncc(-c2ncc(C)c3c(C(=O)C(=O)N4CCN(C(=O)c5ccccc5)CC4)c[nH]c23)s1. The zero-order valence-corrected chi connectivity index (χ0v) is 22.0. The van der Waals surface area contributed by atoms with E-state index in [1.165, 1.54) is 4.90 Å². The number of hydrogen-bond acceptors (Lipinski definition) is 6. The lowest BCUT2D eigenvalue weighted by Gasteiger charge is -2.34. The van der Waals surface area contributed by atoms with Gasteiger partial charge >= 0.3 is 0 Å². The molecule has 1 unspecified atom stereocenters. The van der Waals surface area contributed by atoms with Gasteiger partial charge < -0.3 is 14.8 Å². The number of thiazole rings is 1. The van der Waals surface area contributed by atoms with Gasteiger partial charge in [-0.2, -0.15) is 0 Å². The Kier molecular flexibility index (Phi) is 6.88. The lowest BCUT2D eigenvalue weighted by molar-refractivity contribution is -0.127. The molecule has 0 spiro atoms. The summed E-state index contributed by atoms with van der Waals surface area (Å²) in [4.78, 5) is 55.9. The molecule has 0 aliphatic carbocycles. The first-order valence-corrected chi connectivity index (χ1v) is 13.3. The molecule has 4 heterocycles. The third-order valence-corrected chi connectivity index (χ3v) is 8.24. The number of carbonyl (C=O) groups is 3. The first-order valence-electron chi connectivity index (χ1n) is 12.5. The molecule has 1 saturated heterocycles. The summed E-state index contributed by atoms with van der Waals surface area (Å²) in [6.07, 6.45) is 6.17. The second-order valence-corrected chi connectivity index (χ2v) is 10.5. The van der Waals surface area contributed by atoms with Crippen LogP contribution in [0.5, 0.6) is 0 Å². The molecule has 0 saturated carbocycles. The van der Waals surface area contributed by atoms with Crippen LogP contribution in [0.15, 0.2) is 48.9 Å². The van der Waals surface area contributed by atoms with Crippen molar-refractivity contribution < 1.29 is 14.4 Å². The van der Waals surface area contributed by atoms with Crippen LogP contribution in [-0.4, -0.2) is 68.5 Å². The van der Waals surface area contributed by atoms with E-state index in [0.717, 1.165) is 33.1 Å². The van der Waals surface area contributed by atoms with Gasteiger partial charge in [-0.3, -0.25) is 19.4 Å². The number of benzene rings is 1. The van der Waals surface area contributed by atoms with Gasteiger partial charge in [-0.1, -0.05) is 32.0 Å². The molecule has 1 fully saturated rings. The number of carbonyl (C=O) groups excluding carboxylic acids is 3. The quantitative estimate of drug-likeness (QED) is 0.297. The van der Waals surface area contributed by atoms with Crippen LogP contribution in [0.25, 0.3) is 21.5 Å². The van der Waals surface area contributed by atoms with Crippen LogP contribution in [0, 0.1) is 6.92 Å². The number of rotatable bonds is 6. The maximum absolute atomic E-state index is 13.4. The number of ketones is 1. The van der Waals surface area contributed by atoms with Crippen molar-refractivity contribution in [1.29, 1.82) is 0 Å². The van der Waals surface area contributed by atoms with Gasteiger partial charge in [-0.05, 0) is 31.0 Å². The zero-order valence-electron chi connectivity index (χ0n) is 21.2. The predicted molar refractivity (Wildman–Crippen MR) is 144 cm³/mol. The molecule has 190 valence electrons. The summed E-state index contributed by atoms with van der Waals surface area (Å²) in [5.41, 5.74) is 3.24. The number of amides is 2. The molecule has 37 heavy (non-hydrogen) atoms. The number of hydrogen-bond donors (Lipinski definition) is 1. The summed E-state index contributed by atoms with van der Waals surface area (Å²) in [7, 11) is 0. The van der Waals surface area contributed by atoms with Gasteiger partial charge in [-0.25, -0.2) is 4.98 Å². The number of pyridine rings is 1. The van der Waals surface area contributed by atoms with Crippen LogP contribution in [0.1, 0.15) is 57.5 Å². The number of nitrogens with zero attached hydrogens (tertiary/aromatic N) is 4. The molecule has 5 rings (SSSR count). The van der Waals surface area contributed by atoms with Crippen LogP contribution >= 0.6 is 11.3 Å². The standard InChI is InChI=1S/C28H29N5O3S/c1-4-17(2)26-31-16-21(37-26)23-24-22(18(3)14-29-23)20(15-30-24)25(34)28(36)33-12-10-32(11-13-33)27(35)19-8-6-5-7-9-19/h5-9,14-17,30H,4,10-13H2,1-3H3. The average molecular weight is 516 g/mol. The molecule has 3 aromatic heterocycles. The van der Waals surface area contributed by atoms with E-state index in [1.807, 2.05) is 31.3 Å². The van der Waals surface area contributed by atoms with Crippen LogP contribution < -0.4 is 0 Å². The Morgan fingerprint density at radius 2 is 1.73 bits per heavy atom. The second kappa shape index (κ2) is 10.3. The van der Waals surface area contributed by atoms with E-state index >= 15 is 0 Å². The maximum Gasteiger partial charge on any atom is 0.295 e. The van der Waals surface area contributed by atoms with E-state index in [1.54, 1.807) is 40.8 Å². The fourth-order valence-electron chi connectivity index (χ4n) is 4.61. The van der Waals surface area contributed by atoms with Crippen LogP contribution in [0.3, 0.4) is 0 Å². The number of nitrogens with one attached hydrogen (secondary N) is 1. The largest absolute Gasteiger partial charge is 0.359 e. The van der Waals surface area contributed by atoms with Crippen molar-refractivity contribution >= 4 is 39.8 Å². The summed E-state index contributed by atoms with van der Waals surface area (Å²) in [6, 6.07) is 9.09. The van der Waals surface area contributed by atoms with E-state index in [-0.39, 0.29) is 5.91 Å². The topological polar surface area (TPSA) is 99.3 Å². The first kappa shape index (κ1) is 24.8. The molecule has 1 N–H and O–H groups in total. The molecule has 1 atom stereocenters. The summed E-state index contributed by atoms with van der Waals surface area (Å²) >= 11 is 1.60. The van der Waals surface area contributed by atoms with E-state index < -0.39 is 11.7 Å². The number of Topliss-reactive ketones (excluding diaryl/α,β-unsaturated/α-hetero) is 1. The highest BCUT2D eigenvalue weighted by Crippen LogP contribution is 2.35. The number of H-pyrrole nitrogens is 1. The van der Waals surface area contributed by atoms with Gasteiger partial charge in [0.25, 0.3) is 17.6 Å². The van der Waals surface area contributed by atoms with Gasteiger partial charge in [-0.15, -0.1) is 11.3 Å². The number of aromatic nitrogens is 3. The Morgan fingerprint density at radius 3 is 2.43 bits per heavy atom. The van der Waals surface area contributed by atoms with E-state index in [0.29, 0.717) is 48.6 Å². The van der Waals surface area contributed by atoms with Gasteiger partial charge in [0.15, 0.2) is 0 Å². The summed E-state index contributed by atoms with van der Waals surface area (Å²) in [5.74, 6) is -0.811. The Hall–Kier alpha value is -3.85. The van der Waals surface area contributed by atoms with Crippen molar-refractivity contribution in [3.05, 3.63) is 70.6 Å². The fraction of sp³-hybridized carbons (Fsp3) is 0.321. The summed E-state index contributed by atoms with van der Waals surface area (Å²) in [6.45, 7) is 7.58. The average Bonchev–Trinajstić information content (AvgIpc) is 3.61. The number of piperazine rings is 1. The van der Waals surface area contributed by atoms with Crippen molar-refractivity contribution in [3.8, 4) is 10.6 Å². The van der Waals surface area contributed by atoms with Crippen molar-refractivity contribution in [3.63, 3.8) is 0 Å². The fourth-order valence-corrected chi connectivity index (χ4v) is 5.67. The molecular weight excluding hydrogens is 486 g/mol. The molecule has 2 amide bonds. The highest BCUT2D eigenvalue weighted by Gasteiger charge is 2.31. The zero-order chi connectivity index (χ0) is 26.1. The van der Waals surface area contributed by atoms with Crippen LogP contribution in [0.2, 0.25) is 0 Å². The van der Waals surface area contributed by atoms with Crippen molar-refractivity contribution in [2.24, 2.45) is 0 Å². The molecule has 0 bridgehead atoms. The van der Waals surface area contributed by atoms with Crippen molar-refractivity contribution in [2.75, 3.05) is 26.2 Å². The first-order chi connectivity index (χ1) is 17.9. The molecule has 1 aliphatic rings. The minimum absolute atomic E-state index is 0.0640. The van der Waals surface area contributed by atoms with E-state index in [4.69, 9.17) is 0 Å². The highest BCUT2D eigenvalue weighted by atomic mass is 32.1. The molecular formula is C28H29N5O3S. The highest BCUT2D eigenvalue weighted by molar-refractivity contribution is 7.15. The van der Waals surface area contributed by atoms with Crippen molar-refractivity contribution in [2.45, 2.75) is 33.1 Å². The van der Waals surface area contributed by atoms with Gasteiger partial charge in [0.2, 0.25) is 0 Å². The minimum atomic E-state index is -0.557. The summed E-state index contributed by atoms with van der Waals surface area (Å²) in [5, 5.41) is 1.76. The maximum atomic E-state index is 13.4. The van der Waals surface area contributed by atoms with Crippen LogP contribution in [0.4, 0.5) is 0 Å². The van der Waals surface area contributed by atoms with Gasteiger partial charge in [0.1, 0.15) is 5.69 Å². The van der Waals surface area contributed by atoms with Crippen LogP contribution in [-0.2, 0) is 4.79 Å². The number of fused-ring (bicyclic) bond motifs is 1. The Balaban J connectivity index is 1.35. The monoisotopic (exact) mass is 515 g/mol. The van der Waals surface area contributed by atoms with Crippen molar-refractivity contribution in [1.82, 2.24) is 24.8 Å². The number of aromatic amines is 1. The Bertz CT molecular complexity index is 1470. The molecule has 9 heteroatoms. The Morgan fingerprint density at radius 1 is 1.03 bits per heavy atom. The third kappa shape index (κ3) is 4.67. The lowest BCUT2D eigenvalue weighted by Crippen LogP contribution is -2.52. The molecule has 1 aromatic carbocycles. The predicted octanol–water partition coefficient (Wildman–Crippen LogP) is 4.68. The van der Waals surface area contributed by atoms with Gasteiger partial charge in [0.05, 0.1) is 21.0 Å². The van der Waals surface area contributed by atoms with Gasteiger partial charge in [0, 0.05) is 61.6 Å². The number of aryl methyl sites for hydroxylation is 1. The molecule has 1 aliphatic heterocycles. The molecule has 8 nitrogen and oxygen atoms in total. The molecule has 0 radical (unpaired) electrons. The minimum Gasteiger partial charge on any atom is -0.359 e. The second-order valence-electron chi connectivity index (χ2n) is 9.39. The van der Waals surface area contributed by atoms with E-state index in [9.17, 15) is 14.4 Å². The smallest absolute Gasteiger partial charge is 0.295 e. The molecule has 4 aromatic rings. The third-order valence-electron chi connectivity index (χ3n) is 7.00. The summed E-state index contributed by atoms with van der Waals surface area (Å²) < 4.78 is 0. The lowest BCUT2D eigenvalue weighted by atomic mass is 10.0. The van der Waals surface area contributed by atoms with E-state index in [2.05, 4.69) is 28.8 Å².